The molecule has 0 amide bonds. The van der Waals surface area contributed by atoms with Crippen molar-refractivity contribution in [3.8, 4) is 5.75 Å². The maximum atomic E-state index is 10.5. The predicted octanol–water partition coefficient (Wildman–Crippen LogP) is 1.81. The Labute approximate surface area is 128 Å². The highest BCUT2D eigenvalue weighted by molar-refractivity contribution is 5.25. The summed E-state index contributed by atoms with van der Waals surface area (Å²) >= 11 is 0. The van der Waals surface area contributed by atoms with E-state index in [0.29, 0.717) is 23.7 Å². The first-order chi connectivity index (χ1) is 10.8. The molecule has 0 aliphatic heterocycles. The molecule has 1 N–H and O–H groups in total. The molecule has 22 heavy (non-hydrogen) atoms. The summed E-state index contributed by atoms with van der Waals surface area (Å²) in [4.78, 5) is 12.4. The average molecular weight is 296 g/mol. The van der Waals surface area contributed by atoms with Gasteiger partial charge in [-0.2, -0.15) is 0 Å². The van der Waals surface area contributed by atoms with Gasteiger partial charge in [-0.1, -0.05) is 6.07 Å². The van der Waals surface area contributed by atoms with E-state index in [4.69, 9.17) is 4.74 Å². The molecule has 0 fully saturated rings. The molecule has 0 saturated heterocycles. The van der Waals surface area contributed by atoms with Crippen molar-refractivity contribution in [1.29, 1.82) is 0 Å². The number of imidazole rings is 1. The van der Waals surface area contributed by atoms with Crippen LogP contribution < -0.4 is 4.74 Å². The van der Waals surface area contributed by atoms with E-state index in [-0.39, 0.29) is 0 Å². The molecule has 0 saturated carbocycles. The maximum Gasteiger partial charge on any atom is 0.142 e. The van der Waals surface area contributed by atoms with Crippen LogP contribution in [0.3, 0.4) is 0 Å². The van der Waals surface area contributed by atoms with Crippen LogP contribution >= 0.6 is 0 Å². The van der Waals surface area contributed by atoms with E-state index in [9.17, 15) is 5.11 Å². The smallest absolute Gasteiger partial charge is 0.142 e. The molecule has 3 heterocycles. The zero-order valence-electron chi connectivity index (χ0n) is 12.1. The normalized spacial score (nSPS) is 12.1. The quantitative estimate of drug-likeness (QED) is 0.777. The molecular formula is C16H16N4O2. The summed E-state index contributed by atoms with van der Waals surface area (Å²) in [5.74, 6) is 1.27. The van der Waals surface area contributed by atoms with Crippen molar-refractivity contribution in [3.05, 3.63) is 72.3 Å². The van der Waals surface area contributed by atoms with Crippen molar-refractivity contribution < 1.29 is 9.84 Å². The van der Waals surface area contributed by atoms with E-state index in [2.05, 4.69) is 15.0 Å². The lowest BCUT2D eigenvalue weighted by molar-refractivity contribution is 0.205. The van der Waals surface area contributed by atoms with Crippen LogP contribution in [0.5, 0.6) is 5.75 Å². The Kier molecular flexibility index (Phi) is 4.11. The van der Waals surface area contributed by atoms with Crippen molar-refractivity contribution in [2.75, 3.05) is 7.11 Å². The number of aliphatic hydroxyl groups is 1. The molecule has 0 spiro atoms. The molecule has 1 atom stereocenters. The third-order valence-corrected chi connectivity index (χ3v) is 3.35. The number of hydrogen-bond donors (Lipinski definition) is 1. The van der Waals surface area contributed by atoms with Gasteiger partial charge in [0.25, 0.3) is 0 Å². The van der Waals surface area contributed by atoms with E-state index >= 15 is 0 Å². The van der Waals surface area contributed by atoms with Gasteiger partial charge >= 0.3 is 0 Å². The Morgan fingerprint density at radius 3 is 2.91 bits per heavy atom. The minimum absolute atomic E-state index is 0.552. The first kappa shape index (κ1) is 14.2. The molecule has 112 valence electrons. The average Bonchev–Trinajstić information content (AvgIpc) is 3.03. The molecule has 0 aromatic carbocycles. The molecule has 0 bridgehead atoms. The van der Waals surface area contributed by atoms with Crippen LogP contribution in [0.2, 0.25) is 0 Å². The zero-order chi connectivity index (χ0) is 15.4. The Bertz CT molecular complexity index is 743. The van der Waals surface area contributed by atoms with Gasteiger partial charge in [0.15, 0.2) is 0 Å². The van der Waals surface area contributed by atoms with Crippen molar-refractivity contribution in [2.45, 2.75) is 12.6 Å². The van der Waals surface area contributed by atoms with Crippen molar-refractivity contribution in [1.82, 2.24) is 19.5 Å². The highest BCUT2D eigenvalue weighted by Gasteiger charge is 2.16. The summed E-state index contributed by atoms with van der Waals surface area (Å²) in [7, 11) is 1.61. The maximum absolute atomic E-state index is 10.5. The van der Waals surface area contributed by atoms with Gasteiger partial charge in [-0.3, -0.25) is 9.97 Å². The Morgan fingerprint density at radius 2 is 2.14 bits per heavy atom. The number of aromatic nitrogens is 4. The standard InChI is InChI=1S/C16H16N4O2/c1-22-14-7-12(8-18-10-14)11-20-6-5-19-16(20)15(21)13-3-2-4-17-9-13/h2-10,15,21H,11H2,1H3. The lowest BCUT2D eigenvalue weighted by Gasteiger charge is -2.13. The van der Waals surface area contributed by atoms with E-state index in [1.807, 2.05) is 22.9 Å². The van der Waals surface area contributed by atoms with Gasteiger partial charge in [0.2, 0.25) is 0 Å². The molecule has 0 aliphatic rings. The number of ether oxygens (including phenoxy) is 1. The largest absolute Gasteiger partial charge is 0.495 e. The van der Waals surface area contributed by atoms with Gasteiger partial charge in [-0.15, -0.1) is 0 Å². The first-order valence-corrected chi connectivity index (χ1v) is 6.85. The van der Waals surface area contributed by atoms with Crippen LogP contribution in [0, 0.1) is 0 Å². The fourth-order valence-corrected chi connectivity index (χ4v) is 2.25. The van der Waals surface area contributed by atoms with Crippen LogP contribution in [-0.2, 0) is 6.54 Å². The second kappa shape index (κ2) is 6.36. The van der Waals surface area contributed by atoms with Crippen LogP contribution in [0.25, 0.3) is 0 Å². The monoisotopic (exact) mass is 296 g/mol. The second-order valence-electron chi connectivity index (χ2n) is 4.84. The Hall–Kier alpha value is -2.73. The summed E-state index contributed by atoms with van der Waals surface area (Å²) in [6.07, 6.45) is 9.41. The van der Waals surface area contributed by atoms with Crippen LogP contribution in [0.1, 0.15) is 23.1 Å². The number of nitrogens with zero attached hydrogens (tertiary/aromatic N) is 4. The number of rotatable bonds is 5. The van der Waals surface area contributed by atoms with Gasteiger partial charge < -0.3 is 14.4 Å². The van der Waals surface area contributed by atoms with Gasteiger partial charge in [-0.05, 0) is 17.7 Å². The predicted molar refractivity (Wildman–Crippen MR) is 80.4 cm³/mol. The third-order valence-electron chi connectivity index (χ3n) is 3.35. The van der Waals surface area contributed by atoms with E-state index in [0.717, 1.165) is 5.56 Å². The van der Waals surface area contributed by atoms with Gasteiger partial charge in [0.05, 0.1) is 19.9 Å². The Morgan fingerprint density at radius 1 is 1.23 bits per heavy atom. The summed E-state index contributed by atoms with van der Waals surface area (Å²) in [5.41, 5.74) is 1.68. The van der Waals surface area contributed by atoms with Crippen LogP contribution in [0.15, 0.2) is 55.4 Å². The second-order valence-corrected chi connectivity index (χ2v) is 4.84. The lowest BCUT2D eigenvalue weighted by atomic mass is 10.1. The van der Waals surface area contributed by atoms with Crippen molar-refractivity contribution in [2.24, 2.45) is 0 Å². The van der Waals surface area contributed by atoms with E-state index in [1.165, 1.54) is 0 Å². The fourth-order valence-electron chi connectivity index (χ4n) is 2.25. The zero-order valence-corrected chi connectivity index (χ0v) is 12.1. The van der Waals surface area contributed by atoms with Gasteiger partial charge in [0, 0.05) is 36.5 Å². The van der Waals surface area contributed by atoms with Crippen LogP contribution in [0.4, 0.5) is 0 Å². The number of pyridine rings is 2. The van der Waals surface area contributed by atoms with Gasteiger partial charge in [0.1, 0.15) is 17.7 Å². The Balaban J connectivity index is 1.86. The molecule has 6 heteroatoms. The van der Waals surface area contributed by atoms with Crippen LogP contribution in [-0.4, -0.2) is 31.7 Å². The topological polar surface area (TPSA) is 73.1 Å². The minimum atomic E-state index is -0.817. The summed E-state index contributed by atoms with van der Waals surface area (Å²) in [5, 5.41) is 10.5. The summed E-state index contributed by atoms with van der Waals surface area (Å²) in [6, 6.07) is 5.52. The molecule has 0 radical (unpaired) electrons. The van der Waals surface area contributed by atoms with Gasteiger partial charge in [-0.25, -0.2) is 4.98 Å². The van der Waals surface area contributed by atoms with Crippen molar-refractivity contribution in [3.63, 3.8) is 0 Å². The number of hydrogen-bond acceptors (Lipinski definition) is 5. The molecule has 6 nitrogen and oxygen atoms in total. The van der Waals surface area contributed by atoms with E-state index < -0.39 is 6.10 Å². The molecule has 3 aromatic rings. The van der Waals surface area contributed by atoms with E-state index in [1.54, 1.807) is 44.2 Å². The molecular weight excluding hydrogens is 280 g/mol. The SMILES string of the molecule is COc1cncc(Cn2ccnc2C(O)c2cccnc2)c1. The summed E-state index contributed by atoms with van der Waals surface area (Å²) in [6.45, 7) is 0.552. The molecule has 3 aromatic heterocycles. The number of methoxy groups -OCH3 is 1. The highest BCUT2D eigenvalue weighted by Crippen LogP contribution is 2.21. The molecule has 3 rings (SSSR count). The van der Waals surface area contributed by atoms with Crippen molar-refractivity contribution >= 4 is 0 Å². The third kappa shape index (κ3) is 2.96. The fraction of sp³-hybridized carbons (Fsp3) is 0.188. The number of aliphatic hydroxyl groups excluding tert-OH is 1. The minimum Gasteiger partial charge on any atom is -0.495 e. The molecule has 1 unspecified atom stereocenters. The lowest BCUT2D eigenvalue weighted by Crippen LogP contribution is -2.11. The highest BCUT2D eigenvalue weighted by atomic mass is 16.5. The molecule has 0 aliphatic carbocycles. The summed E-state index contributed by atoms with van der Waals surface area (Å²) < 4.78 is 7.06. The first-order valence-electron chi connectivity index (χ1n) is 6.85.